The van der Waals surface area contributed by atoms with Crippen molar-refractivity contribution in [3.05, 3.63) is 29.6 Å². The van der Waals surface area contributed by atoms with E-state index in [0.717, 1.165) is 11.9 Å². The standard InChI is InChI=1S/C14H21BrN2/c1-12-7-13(10-16-9-12)11-17-6-4-2-3-5-14(17)8-15/h7,9-10,14H,2-6,8,11H2,1H3. The number of halogens is 1. The van der Waals surface area contributed by atoms with Crippen LogP contribution in [0.1, 0.15) is 36.8 Å². The van der Waals surface area contributed by atoms with Crippen molar-refractivity contribution in [2.45, 2.75) is 45.2 Å². The van der Waals surface area contributed by atoms with Crippen LogP contribution >= 0.6 is 15.9 Å². The summed E-state index contributed by atoms with van der Waals surface area (Å²) in [4.78, 5) is 6.89. The number of nitrogens with zero attached hydrogens (tertiary/aromatic N) is 2. The maximum absolute atomic E-state index is 4.29. The summed E-state index contributed by atoms with van der Waals surface area (Å²) in [6.45, 7) is 4.38. The van der Waals surface area contributed by atoms with Crippen LogP contribution in [0.25, 0.3) is 0 Å². The Labute approximate surface area is 113 Å². The van der Waals surface area contributed by atoms with Gasteiger partial charge in [0.2, 0.25) is 0 Å². The van der Waals surface area contributed by atoms with Gasteiger partial charge in [-0.05, 0) is 37.4 Å². The zero-order valence-electron chi connectivity index (χ0n) is 10.5. The van der Waals surface area contributed by atoms with Crippen LogP contribution in [-0.4, -0.2) is 27.8 Å². The second kappa shape index (κ2) is 6.50. The molecule has 17 heavy (non-hydrogen) atoms. The number of hydrogen-bond donors (Lipinski definition) is 0. The minimum absolute atomic E-state index is 0.693. The summed E-state index contributed by atoms with van der Waals surface area (Å²) >= 11 is 3.66. The average Bonchev–Trinajstić information content (AvgIpc) is 2.54. The third-order valence-corrected chi connectivity index (χ3v) is 4.24. The summed E-state index contributed by atoms with van der Waals surface area (Å²) in [5.41, 5.74) is 2.60. The molecule has 1 aliphatic heterocycles. The van der Waals surface area contributed by atoms with Gasteiger partial charge in [-0.3, -0.25) is 9.88 Å². The Bertz CT molecular complexity index is 354. The minimum atomic E-state index is 0.693. The average molecular weight is 297 g/mol. The predicted molar refractivity (Wildman–Crippen MR) is 75.4 cm³/mol. The lowest BCUT2D eigenvalue weighted by molar-refractivity contribution is 0.209. The molecule has 1 aromatic rings. The van der Waals surface area contributed by atoms with Crippen molar-refractivity contribution in [1.82, 2.24) is 9.88 Å². The van der Waals surface area contributed by atoms with Crippen molar-refractivity contribution in [2.75, 3.05) is 11.9 Å². The number of rotatable bonds is 3. The largest absolute Gasteiger partial charge is 0.295 e. The second-order valence-electron chi connectivity index (χ2n) is 5.00. The van der Waals surface area contributed by atoms with Crippen molar-refractivity contribution < 1.29 is 0 Å². The molecular formula is C14H21BrN2. The van der Waals surface area contributed by atoms with Gasteiger partial charge in [0, 0.05) is 30.3 Å². The Balaban J connectivity index is 2.04. The van der Waals surface area contributed by atoms with Crippen LogP contribution in [0.15, 0.2) is 18.5 Å². The molecule has 2 heterocycles. The second-order valence-corrected chi connectivity index (χ2v) is 5.65. The zero-order valence-corrected chi connectivity index (χ0v) is 12.1. The quantitative estimate of drug-likeness (QED) is 0.793. The normalized spacial score (nSPS) is 22.4. The molecule has 94 valence electrons. The third-order valence-electron chi connectivity index (χ3n) is 3.49. The van der Waals surface area contributed by atoms with E-state index in [2.05, 4.69) is 38.8 Å². The highest BCUT2D eigenvalue weighted by atomic mass is 79.9. The lowest BCUT2D eigenvalue weighted by Crippen LogP contribution is -2.35. The molecule has 0 amide bonds. The lowest BCUT2D eigenvalue weighted by atomic mass is 10.1. The summed E-state index contributed by atoms with van der Waals surface area (Å²) in [6.07, 6.45) is 9.34. The molecular weight excluding hydrogens is 276 g/mol. The summed E-state index contributed by atoms with van der Waals surface area (Å²) in [5, 5.41) is 1.09. The molecule has 3 heteroatoms. The van der Waals surface area contributed by atoms with Crippen molar-refractivity contribution in [3.63, 3.8) is 0 Å². The molecule has 1 aromatic heterocycles. The lowest BCUT2D eigenvalue weighted by Gasteiger charge is -2.28. The Morgan fingerprint density at radius 2 is 2.24 bits per heavy atom. The number of alkyl halides is 1. The van der Waals surface area contributed by atoms with E-state index in [9.17, 15) is 0 Å². The zero-order chi connectivity index (χ0) is 12.1. The van der Waals surface area contributed by atoms with Crippen molar-refractivity contribution in [2.24, 2.45) is 0 Å². The fraction of sp³-hybridized carbons (Fsp3) is 0.643. The van der Waals surface area contributed by atoms with E-state index < -0.39 is 0 Å². The maximum Gasteiger partial charge on any atom is 0.0313 e. The molecule has 1 unspecified atom stereocenters. The first-order valence-corrected chi connectivity index (χ1v) is 7.62. The summed E-state index contributed by atoms with van der Waals surface area (Å²) in [6, 6.07) is 2.95. The van der Waals surface area contributed by atoms with Gasteiger partial charge in [0.1, 0.15) is 0 Å². The smallest absolute Gasteiger partial charge is 0.0313 e. The van der Waals surface area contributed by atoms with Crippen LogP contribution in [0.2, 0.25) is 0 Å². The maximum atomic E-state index is 4.29. The van der Waals surface area contributed by atoms with Gasteiger partial charge < -0.3 is 0 Å². The molecule has 0 bridgehead atoms. The van der Waals surface area contributed by atoms with Crippen LogP contribution < -0.4 is 0 Å². The van der Waals surface area contributed by atoms with Gasteiger partial charge in [-0.25, -0.2) is 0 Å². The van der Waals surface area contributed by atoms with Gasteiger partial charge in [-0.15, -0.1) is 0 Å². The Morgan fingerprint density at radius 3 is 3.00 bits per heavy atom. The van der Waals surface area contributed by atoms with Gasteiger partial charge in [0.15, 0.2) is 0 Å². The molecule has 0 aromatic carbocycles. The number of aromatic nitrogens is 1. The van der Waals surface area contributed by atoms with Crippen LogP contribution in [0.4, 0.5) is 0 Å². The monoisotopic (exact) mass is 296 g/mol. The number of aryl methyl sites for hydroxylation is 1. The Kier molecular flexibility index (Phi) is 4.99. The molecule has 2 rings (SSSR count). The molecule has 0 aliphatic carbocycles. The minimum Gasteiger partial charge on any atom is -0.295 e. The van der Waals surface area contributed by atoms with Crippen LogP contribution in [0.5, 0.6) is 0 Å². The fourth-order valence-electron chi connectivity index (χ4n) is 2.56. The predicted octanol–water partition coefficient (Wildman–Crippen LogP) is 3.53. The molecule has 0 radical (unpaired) electrons. The highest BCUT2D eigenvalue weighted by Crippen LogP contribution is 2.20. The highest BCUT2D eigenvalue weighted by Gasteiger charge is 2.19. The van der Waals surface area contributed by atoms with Crippen LogP contribution in [0.3, 0.4) is 0 Å². The van der Waals surface area contributed by atoms with Crippen LogP contribution in [0, 0.1) is 6.92 Å². The fourth-order valence-corrected chi connectivity index (χ4v) is 3.29. The molecule has 1 fully saturated rings. The topological polar surface area (TPSA) is 16.1 Å². The molecule has 0 spiro atoms. The number of likely N-dealkylation sites (tertiary alicyclic amines) is 1. The van der Waals surface area contributed by atoms with E-state index in [1.165, 1.54) is 43.4 Å². The molecule has 1 atom stereocenters. The first kappa shape index (κ1) is 13.0. The molecule has 1 aliphatic rings. The SMILES string of the molecule is Cc1cncc(CN2CCCCCC2CBr)c1. The van der Waals surface area contributed by atoms with Crippen LogP contribution in [-0.2, 0) is 6.54 Å². The van der Waals surface area contributed by atoms with Crippen molar-refractivity contribution >= 4 is 15.9 Å². The van der Waals surface area contributed by atoms with Gasteiger partial charge in [-0.1, -0.05) is 34.8 Å². The van der Waals surface area contributed by atoms with E-state index in [1.807, 2.05) is 12.4 Å². The number of hydrogen-bond acceptors (Lipinski definition) is 2. The first-order valence-electron chi connectivity index (χ1n) is 6.50. The van der Waals surface area contributed by atoms with E-state index in [4.69, 9.17) is 0 Å². The number of pyridine rings is 1. The Hall–Kier alpha value is -0.410. The molecule has 0 N–H and O–H groups in total. The summed E-state index contributed by atoms with van der Waals surface area (Å²) in [5.74, 6) is 0. The van der Waals surface area contributed by atoms with Gasteiger partial charge >= 0.3 is 0 Å². The Morgan fingerprint density at radius 1 is 1.35 bits per heavy atom. The van der Waals surface area contributed by atoms with Gasteiger partial charge in [0.25, 0.3) is 0 Å². The van der Waals surface area contributed by atoms with E-state index in [-0.39, 0.29) is 0 Å². The van der Waals surface area contributed by atoms with Gasteiger partial charge in [-0.2, -0.15) is 0 Å². The molecule has 1 saturated heterocycles. The van der Waals surface area contributed by atoms with Gasteiger partial charge in [0.05, 0.1) is 0 Å². The molecule has 0 saturated carbocycles. The van der Waals surface area contributed by atoms with Crippen molar-refractivity contribution in [3.8, 4) is 0 Å². The van der Waals surface area contributed by atoms with E-state index in [1.54, 1.807) is 0 Å². The van der Waals surface area contributed by atoms with E-state index in [0.29, 0.717) is 6.04 Å². The summed E-state index contributed by atoms with van der Waals surface area (Å²) in [7, 11) is 0. The third kappa shape index (κ3) is 3.78. The van der Waals surface area contributed by atoms with E-state index >= 15 is 0 Å². The van der Waals surface area contributed by atoms with Crippen molar-refractivity contribution in [1.29, 1.82) is 0 Å². The first-order chi connectivity index (χ1) is 8.29. The summed E-state index contributed by atoms with van der Waals surface area (Å²) < 4.78 is 0. The molecule has 2 nitrogen and oxygen atoms in total. The highest BCUT2D eigenvalue weighted by molar-refractivity contribution is 9.09.